The Balaban J connectivity index is 2.12. The van der Waals surface area contributed by atoms with Crippen molar-refractivity contribution in [3.8, 4) is 5.75 Å². The first kappa shape index (κ1) is 13.9. The number of nitrogen functional groups attached to an aromatic ring is 1. The summed E-state index contributed by atoms with van der Waals surface area (Å²) in [5.41, 5.74) is 6.60. The highest BCUT2D eigenvalue weighted by Crippen LogP contribution is 2.20. The highest BCUT2D eigenvalue weighted by atomic mass is 16.5. The minimum absolute atomic E-state index is 0.233. The molecule has 0 aliphatic carbocycles. The molecule has 0 atom stereocenters. The average Bonchev–Trinajstić information content (AvgIpc) is 2.41. The molecule has 2 aromatic rings. The van der Waals surface area contributed by atoms with Crippen molar-refractivity contribution in [2.75, 3.05) is 29.5 Å². The van der Waals surface area contributed by atoms with Crippen LogP contribution in [0.1, 0.15) is 13.8 Å². The van der Waals surface area contributed by atoms with E-state index in [1.54, 1.807) is 0 Å². The van der Waals surface area contributed by atoms with Gasteiger partial charge in [0.15, 0.2) is 0 Å². The molecular weight excluding hydrogens is 254 g/mol. The minimum Gasteiger partial charge on any atom is -0.494 e. The molecule has 0 saturated heterocycles. The van der Waals surface area contributed by atoms with E-state index in [0.29, 0.717) is 18.2 Å². The van der Waals surface area contributed by atoms with Crippen molar-refractivity contribution in [1.29, 1.82) is 0 Å². The summed E-state index contributed by atoms with van der Waals surface area (Å²) in [7, 11) is 0. The van der Waals surface area contributed by atoms with Crippen molar-refractivity contribution in [2.24, 2.45) is 0 Å². The van der Waals surface area contributed by atoms with Gasteiger partial charge in [0.1, 0.15) is 17.4 Å². The Bertz CT molecular complexity index is 556. The van der Waals surface area contributed by atoms with Crippen molar-refractivity contribution < 1.29 is 4.74 Å². The predicted molar refractivity (Wildman–Crippen MR) is 81.5 cm³/mol. The van der Waals surface area contributed by atoms with Crippen LogP contribution in [-0.2, 0) is 0 Å². The molecule has 0 aliphatic rings. The molecule has 6 heteroatoms. The monoisotopic (exact) mass is 273 g/mol. The molecule has 0 unspecified atom stereocenters. The minimum atomic E-state index is 0.233. The Morgan fingerprint density at radius 2 is 1.80 bits per heavy atom. The smallest absolute Gasteiger partial charge is 0.223 e. The van der Waals surface area contributed by atoms with Gasteiger partial charge in [-0.05, 0) is 38.1 Å². The fraction of sp³-hybridized carbons (Fsp3) is 0.286. The summed E-state index contributed by atoms with van der Waals surface area (Å²) in [6, 6.07) is 9.48. The number of hydrogen-bond acceptors (Lipinski definition) is 6. The second kappa shape index (κ2) is 6.60. The van der Waals surface area contributed by atoms with Gasteiger partial charge >= 0.3 is 0 Å². The Hall–Kier alpha value is -2.50. The SMILES string of the molecule is CCNc1cc(Nc2ccc(OCC)cc2)nc(N)n1. The standard InChI is InChI=1S/C14H19N5O/c1-3-16-12-9-13(19-14(15)18-12)17-10-5-7-11(8-6-10)20-4-2/h5-9H,3-4H2,1-2H3,(H4,15,16,17,18,19). The summed E-state index contributed by atoms with van der Waals surface area (Å²) in [4.78, 5) is 8.25. The molecule has 0 aliphatic heterocycles. The Labute approximate surface area is 118 Å². The zero-order valence-corrected chi connectivity index (χ0v) is 11.7. The van der Waals surface area contributed by atoms with Crippen molar-refractivity contribution in [3.63, 3.8) is 0 Å². The first-order chi connectivity index (χ1) is 9.71. The molecule has 6 nitrogen and oxygen atoms in total. The second-order valence-electron chi connectivity index (χ2n) is 4.11. The maximum absolute atomic E-state index is 5.68. The molecule has 0 bridgehead atoms. The number of anilines is 4. The van der Waals surface area contributed by atoms with Crippen molar-refractivity contribution in [2.45, 2.75) is 13.8 Å². The van der Waals surface area contributed by atoms with Crippen LogP contribution in [0.25, 0.3) is 0 Å². The lowest BCUT2D eigenvalue weighted by molar-refractivity contribution is 0.340. The Kier molecular flexibility index (Phi) is 4.60. The van der Waals surface area contributed by atoms with Gasteiger partial charge in [0, 0.05) is 18.3 Å². The third-order valence-corrected chi connectivity index (χ3v) is 2.54. The number of aromatic nitrogens is 2. The molecule has 1 heterocycles. The van der Waals surface area contributed by atoms with Crippen molar-refractivity contribution >= 4 is 23.3 Å². The predicted octanol–water partition coefficient (Wildman–Crippen LogP) is 2.63. The van der Waals surface area contributed by atoms with Crippen LogP contribution < -0.4 is 21.1 Å². The van der Waals surface area contributed by atoms with Crippen LogP contribution in [0.4, 0.5) is 23.3 Å². The quantitative estimate of drug-likeness (QED) is 0.750. The van der Waals surface area contributed by atoms with Crippen molar-refractivity contribution in [1.82, 2.24) is 9.97 Å². The van der Waals surface area contributed by atoms with Crippen LogP contribution in [0.15, 0.2) is 30.3 Å². The number of nitrogens with two attached hydrogens (primary N) is 1. The largest absolute Gasteiger partial charge is 0.494 e. The van der Waals surface area contributed by atoms with Crippen LogP contribution >= 0.6 is 0 Å². The maximum atomic E-state index is 5.68. The third-order valence-electron chi connectivity index (χ3n) is 2.54. The van der Waals surface area contributed by atoms with Gasteiger partial charge in [-0.2, -0.15) is 9.97 Å². The summed E-state index contributed by atoms with van der Waals surface area (Å²) >= 11 is 0. The topological polar surface area (TPSA) is 85.1 Å². The molecule has 0 radical (unpaired) electrons. The molecule has 1 aromatic heterocycles. The maximum Gasteiger partial charge on any atom is 0.223 e. The number of hydrogen-bond donors (Lipinski definition) is 3. The zero-order valence-electron chi connectivity index (χ0n) is 11.7. The lowest BCUT2D eigenvalue weighted by Gasteiger charge is -2.09. The molecule has 0 saturated carbocycles. The molecule has 106 valence electrons. The van der Waals surface area contributed by atoms with Crippen LogP contribution in [0, 0.1) is 0 Å². The molecule has 2 rings (SSSR count). The number of nitrogens with zero attached hydrogens (tertiary/aromatic N) is 2. The van der Waals surface area contributed by atoms with Gasteiger partial charge in [0.2, 0.25) is 5.95 Å². The fourth-order valence-electron chi connectivity index (χ4n) is 1.75. The molecular formula is C14H19N5O. The number of nitrogens with one attached hydrogen (secondary N) is 2. The summed E-state index contributed by atoms with van der Waals surface area (Å²) in [6.45, 7) is 5.39. The molecule has 0 amide bonds. The molecule has 0 spiro atoms. The van der Waals surface area contributed by atoms with Gasteiger partial charge in [-0.15, -0.1) is 0 Å². The van der Waals surface area contributed by atoms with Crippen LogP contribution in [0.2, 0.25) is 0 Å². The summed E-state index contributed by atoms with van der Waals surface area (Å²) in [6.07, 6.45) is 0. The number of rotatable bonds is 6. The Morgan fingerprint density at radius 1 is 1.10 bits per heavy atom. The van der Waals surface area contributed by atoms with E-state index < -0.39 is 0 Å². The lowest BCUT2D eigenvalue weighted by atomic mass is 10.3. The second-order valence-corrected chi connectivity index (χ2v) is 4.11. The lowest BCUT2D eigenvalue weighted by Crippen LogP contribution is -2.05. The summed E-state index contributed by atoms with van der Waals surface area (Å²) in [5.74, 6) is 2.43. The van der Waals surface area contributed by atoms with Crippen molar-refractivity contribution in [3.05, 3.63) is 30.3 Å². The van der Waals surface area contributed by atoms with Gasteiger partial charge in [-0.1, -0.05) is 0 Å². The van der Waals surface area contributed by atoms with Crippen LogP contribution in [0.3, 0.4) is 0 Å². The highest BCUT2D eigenvalue weighted by molar-refractivity contribution is 5.61. The van der Waals surface area contributed by atoms with E-state index in [9.17, 15) is 0 Å². The highest BCUT2D eigenvalue weighted by Gasteiger charge is 2.02. The Morgan fingerprint density at radius 3 is 2.45 bits per heavy atom. The van der Waals surface area contributed by atoms with Gasteiger partial charge in [-0.3, -0.25) is 0 Å². The third kappa shape index (κ3) is 3.74. The normalized spacial score (nSPS) is 10.1. The average molecular weight is 273 g/mol. The van der Waals surface area contributed by atoms with E-state index in [1.165, 1.54) is 0 Å². The molecule has 0 fully saturated rings. The summed E-state index contributed by atoms with van der Waals surface area (Å²) < 4.78 is 5.40. The molecule has 1 aromatic carbocycles. The first-order valence-corrected chi connectivity index (χ1v) is 6.59. The van der Waals surface area contributed by atoms with Gasteiger partial charge < -0.3 is 21.1 Å². The van der Waals surface area contributed by atoms with Gasteiger partial charge in [0.25, 0.3) is 0 Å². The number of ether oxygens (including phenoxy) is 1. The summed E-state index contributed by atoms with van der Waals surface area (Å²) in [5, 5.41) is 6.30. The zero-order chi connectivity index (χ0) is 14.4. The van der Waals surface area contributed by atoms with E-state index in [-0.39, 0.29) is 5.95 Å². The van der Waals surface area contributed by atoms with E-state index in [0.717, 1.165) is 18.0 Å². The van der Waals surface area contributed by atoms with E-state index in [2.05, 4.69) is 20.6 Å². The van der Waals surface area contributed by atoms with Crippen LogP contribution in [-0.4, -0.2) is 23.1 Å². The van der Waals surface area contributed by atoms with Gasteiger partial charge in [0.05, 0.1) is 6.61 Å². The molecule has 20 heavy (non-hydrogen) atoms. The van der Waals surface area contributed by atoms with E-state index >= 15 is 0 Å². The van der Waals surface area contributed by atoms with E-state index in [4.69, 9.17) is 10.5 Å². The van der Waals surface area contributed by atoms with Gasteiger partial charge in [-0.25, -0.2) is 0 Å². The fourth-order valence-corrected chi connectivity index (χ4v) is 1.75. The molecule has 4 N–H and O–H groups in total. The first-order valence-electron chi connectivity index (χ1n) is 6.59. The van der Waals surface area contributed by atoms with Crippen LogP contribution in [0.5, 0.6) is 5.75 Å². The van der Waals surface area contributed by atoms with E-state index in [1.807, 2.05) is 44.2 Å². The number of benzene rings is 1.